The Morgan fingerprint density at radius 3 is 2.73 bits per heavy atom. The number of carboxylic acid groups (broad SMARTS) is 1. The summed E-state index contributed by atoms with van der Waals surface area (Å²) in [6, 6.07) is 0. The molecule has 0 aromatic carbocycles. The summed E-state index contributed by atoms with van der Waals surface area (Å²) in [5, 5.41) is 8.57. The third-order valence-electron chi connectivity index (χ3n) is 3.11. The molecule has 0 unspecified atom stereocenters. The molecule has 3 atom stereocenters. The van der Waals surface area contributed by atoms with Crippen LogP contribution in [0.4, 0.5) is 0 Å². The molecule has 2 aliphatic carbocycles. The molecule has 2 heteroatoms. The molecule has 0 saturated heterocycles. The van der Waals surface area contributed by atoms with Gasteiger partial charge in [0.1, 0.15) is 0 Å². The maximum absolute atomic E-state index is 10.4. The molecule has 0 amide bonds. The van der Waals surface area contributed by atoms with E-state index in [0.29, 0.717) is 12.3 Å². The Balaban J connectivity index is 1.81. The third-order valence-corrected chi connectivity index (χ3v) is 3.11. The van der Waals surface area contributed by atoms with Crippen molar-refractivity contribution in [2.45, 2.75) is 32.1 Å². The third kappa shape index (κ3) is 1.55. The van der Waals surface area contributed by atoms with E-state index in [-0.39, 0.29) is 0 Å². The van der Waals surface area contributed by atoms with Gasteiger partial charge in [-0.3, -0.25) is 4.79 Å². The first kappa shape index (κ1) is 7.14. The van der Waals surface area contributed by atoms with Crippen LogP contribution < -0.4 is 0 Å². The molecule has 0 bridgehead atoms. The van der Waals surface area contributed by atoms with Crippen LogP contribution in [0.1, 0.15) is 32.1 Å². The highest BCUT2D eigenvalue weighted by atomic mass is 16.4. The summed E-state index contributed by atoms with van der Waals surface area (Å²) in [7, 11) is 0. The Labute approximate surface area is 66.6 Å². The van der Waals surface area contributed by atoms with Crippen LogP contribution in [0.15, 0.2) is 0 Å². The van der Waals surface area contributed by atoms with E-state index in [1.54, 1.807) is 0 Å². The van der Waals surface area contributed by atoms with Gasteiger partial charge in [0.2, 0.25) is 0 Å². The minimum Gasteiger partial charge on any atom is -0.481 e. The fraction of sp³-hybridized carbons (Fsp3) is 0.889. The van der Waals surface area contributed by atoms with Crippen LogP contribution in [0.5, 0.6) is 0 Å². The molecule has 0 spiro atoms. The van der Waals surface area contributed by atoms with Gasteiger partial charge in [-0.2, -0.15) is 0 Å². The van der Waals surface area contributed by atoms with Crippen molar-refractivity contribution in [1.29, 1.82) is 0 Å². The van der Waals surface area contributed by atoms with Gasteiger partial charge in [0.15, 0.2) is 0 Å². The van der Waals surface area contributed by atoms with Gasteiger partial charge >= 0.3 is 5.97 Å². The van der Waals surface area contributed by atoms with Gasteiger partial charge < -0.3 is 5.11 Å². The monoisotopic (exact) mass is 154 g/mol. The number of aliphatic carboxylic acids is 1. The van der Waals surface area contributed by atoms with Crippen molar-refractivity contribution in [2.75, 3.05) is 0 Å². The Morgan fingerprint density at radius 1 is 1.27 bits per heavy atom. The number of hydrogen-bond donors (Lipinski definition) is 1. The van der Waals surface area contributed by atoms with Gasteiger partial charge in [-0.15, -0.1) is 0 Å². The largest absolute Gasteiger partial charge is 0.481 e. The SMILES string of the molecule is O=C(O)C[C@@H]1CC[C@@H]2C[C@H]2C1. The quantitative estimate of drug-likeness (QED) is 0.659. The normalized spacial score (nSPS) is 41.3. The summed E-state index contributed by atoms with van der Waals surface area (Å²) in [5.41, 5.74) is 0. The number of carboxylic acids is 1. The maximum atomic E-state index is 10.4. The molecule has 0 aliphatic heterocycles. The van der Waals surface area contributed by atoms with Crippen molar-refractivity contribution in [1.82, 2.24) is 0 Å². The first-order chi connectivity index (χ1) is 5.25. The molecule has 0 aromatic rings. The fourth-order valence-electron chi connectivity index (χ4n) is 2.38. The summed E-state index contributed by atoms with van der Waals surface area (Å²) in [6.07, 6.45) is 5.44. The predicted octanol–water partition coefficient (Wildman–Crippen LogP) is 1.90. The molecule has 62 valence electrons. The minimum atomic E-state index is -0.617. The molecular weight excluding hydrogens is 140 g/mol. The van der Waals surface area contributed by atoms with Gasteiger partial charge in [-0.25, -0.2) is 0 Å². The standard InChI is InChI=1S/C9H14O2/c10-9(11)4-6-1-2-7-5-8(7)3-6/h6-8H,1-5H2,(H,10,11)/t6-,7-,8-/m1/s1. The first-order valence-corrected chi connectivity index (χ1v) is 4.47. The number of rotatable bonds is 2. The summed E-state index contributed by atoms with van der Waals surface area (Å²) in [4.78, 5) is 10.4. The molecule has 2 aliphatic rings. The zero-order chi connectivity index (χ0) is 7.84. The van der Waals surface area contributed by atoms with Crippen molar-refractivity contribution in [2.24, 2.45) is 17.8 Å². The van der Waals surface area contributed by atoms with Crippen LogP contribution in [0.3, 0.4) is 0 Å². The Hall–Kier alpha value is -0.530. The molecular formula is C9H14O2. The van der Waals surface area contributed by atoms with Crippen molar-refractivity contribution in [3.63, 3.8) is 0 Å². The average Bonchev–Trinajstić information content (AvgIpc) is 2.63. The number of fused-ring (bicyclic) bond motifs is 1. The molecule has 1 N–H and O–H groups in total. The summed E-state index contributed by atoms with van der Waals surface area (Å²) < 4.78 is 0. The molecule has 2 fully saturated rings. The van der Waals surface area contributed by atoms with Crippen LogP contribution in [-0.2, 0) is 4.79 Å². The van der Waals surface area contributed by atoms with Gasteiger partial charge in [-0.1, -0.05) is 0 Å². The second-order valence-electron chi connectivity index (χ2n) is 4.03. The summed E-state index contributed by atoms with van der Waals surface area (Å²) in [5.74, 6) is 1.78. The van der Waals surface area contributed by atoms with Gasteiger partial charge in [0.05, 0.1) is 0 Å². The fourth-order valence-corrected chi connectivity index (χ4v) is 2.38. The molecule has 2 nitrogen and oxygen atoms in total. The van der Waals surface area contributed by atoms with Gasteiger partial charge in [-0.05, 0) is 43.4 Å². The Kier molecular flexibility index (Phi) is 1.63. The van der Waals surface area contributed by atoms with Crippen molar-refractivity contribution >= 4 is 5.97 Å². The number of carbonyl (C=O) groups is 1. The second-order valence-corrected chi connectivity index (χ2v) is 4.03. The van der Waals surface area contributed by atoms with Crippen molar-refractivity contribution in [3.8, 4) is 0 Å². The van der Waals surface area contributed by atoms with E-state index in [1.165, 1.54) is 19.3 Å². The highest BCUT2D eigenvalue weighted by Gasteiger charge is 2.42. The van der Waals surface area contributed by atoms with Gasteiger partial charge in [0.25, 0.3) is 0 Å². The van der Waals surface area contributed by atoms with Crippen LogP contribution >= 0.6 is 0 Å². The summed E-state index contributed by atoms with van der Waals surface area (Å²) in [6.45, 7) is 0. The molecule has 2 saturated carbocycles. The summed E-state index contributed by atoms with van der Waals surface area (Å²) >= 11 is 0. The maximum Gasteiger partial charge on any atom is 0.303 e. The molecule has 2 rings (SSSR count). The van der Waals surface area contributed by atoms with E-state index in [4.69, 9.17) is 5.11 Å². The van der Waals surface area contributed by atoms with Crippen molar-refractivity contribution in [3.05, 3.63) is 0 Å². The smallest absolute Gasteiger partial charge is 0.303 e. The highest BCUT2D eigenvalue weighted by molar-refractivity contribution is 5.67. The van der Waals surface area contributed by atoms with Gasteiger partial charge in [0, 0.05) is 6.42 Å². The topological polar surface area (TPSA) is 37.3 Å². The van der Waals surface area contributed by atoms with Crippen LogP contribution in [0.25, 0.3) is 0 Å². The Bertz CT molecular complexity index is 176. The van der Waals surface area contributed by atoms with Crippen LogP contribution in [0.2, 0.25) is 0 Å². The van der Waals surface area contributed by atoms with E-state index in [9.17, 15) is 4.79 Å². The zero-order valence-corrected chi connectivity index (χ0v) is 6.62. The zero-order valence-electron chi connectivity index (χ0n) is 6.62. The van der Waals surface area contributed by atoms with Crippen LogP contribution in [-0.4, -0.2) is 11.1 Å². The minimum absolute atomic E-state index is 0.406. The van der Waals surface area contributed by atoms with E-state index >= 15 is 0 Å². The molecule has 11 heavy (non-hydrogen) atoms. The van der Waals surface area contributed by atoms with Crippen molar-refractivity contribution < 1.29 is 9.90 Å². The highest BCUT2D eigenvalue weighted by Crippen LogP contribution is 2.51. The molecule has 0 heterocycles. The lowest BCUT2D eigenvalue weighted by Crippen LogP contribution is -2.12. The molecule has 0 radical (unpaired) electrons. The van der Waals surface area contributed by atoms with E-state index in [0.717, 1.165) is 18.3 Å². The van der Waals surface area contributed by atoms with E-state index < -0.39 is 5.97 Å². The van der Waals surface area contributed by atoms with Crippen LogP contribution in [0, 0.1) is 17.8 Å². The Morgan fingerprint density at radius 2 is 2.09 bits per heavy atom. The number of hydrogen-bond acceptors (Lipinski definition) is 1. The lowest BCUT2D eigenvalue weighted by Gasteiger charge is -2.18. The average molecular weight is 154 g/mol. The molecule has 0 aromatic heterocycles. The van der Waals surface area contributed by atoms with E-state index in [2.05, 4.69) is 0 Å². The second kappa shape index (κ2) is 2.50. The van der Waals surface area contributed by atoms with E-state index in [1.807, 2.05) is 0 Å². The lowest BCUT2D eigenvalue weighted by molar-refractivity contribution is -0.138. The first-order valence-electron chi connectivity index (χ1n) is 4.47. The lowest BCUT2D eigenvalue weighted by atomic mass is 9.87. The predicted molar refractivity (Wildman–Crippen MR) is 41.2 cm³/mol.